The molecule has 370 valence electrons. The van der Waals surface area contributed by atoms with E-state index in [2.05, 4.69) is 272 Å². The maximum atomic E-state index is 5.19. The lowest BCUT2D eigenvalue weighted by molar-refractivity contribution is 0.303. The Kier molecular flexibility index (Phi) is 18.4. The Morgan fingerprint density at radius 1 is 0.415 bits per heavy atom. The number of tetrazole rings is 1. The van der Waals surface area contributed by atoms with E-state index in [0.29, 0.717) is 5.89 Å². The molecule has 65 heavy (non-hydrogen) atoms. The smallest absolute Gasteiger partial charge is 0.232 e. The second kappa shape index (κ2) is 20.3. The first kappa shape index (κ1) is 58.8. The molecule has 0 spiro atoms. The predicted octanol–water partition coefficient (Wildman–Crippen LogP) is 12.6. The van der Waals surface area contributed by atoms with Crippen LogP contribution in [-0.2, 0) is 54.6 Å². The highest BCUT2D eigenvalue weighted by molar-refractivity contribution is 5.16. The van der Waals surface area contributed by atoms with Gasteiger partial charge in [-0.1, -0.05) is 135 Å². The highest BCUT2D eigenvalue weighted by atomic mass is 16.5. The van der Waals surface area contributed by atoms with E-state index < -0.39 is 0 Å². The summed E-state index contributed by atoms with van der Waals surface area (Å²) in [7, 11) is 0. The molecule has 0 fully saturated rings. The molecule has 5 rings (SSSR count). The van der Waals surface area contributed by atoms with Gasteiger partial charge in [-0.3, -0.25) is 9.36 Å². The summed E-state index contributed by atoms with van der Waals surface area (Å²) in [5.74, 6) is 2.28. The molecule has 5 aromatic heterocycles. The number of hydrogen-bond donors (Lipinski definition) is 0. The quantitative estimate of drug-likeness (QED) is 0.147. The first-order valence-electron chi connectivity index (χ1n) is 23.3. The molecule has 0 unspecified atom stereocenters. The van der Waals surface area contributed by atoms with Gasteiger partial charge in [-0.15, -0.1) is 15.3 Å². The van der Waals surface area contributed by atoms with Gasteiger partial charge in [0.15, 0.2) is 11.6 Å². The molecule has 5 aromatic rings. The first-order chi connectivity index (χ1) is 28.6. The Hall–Kier alpha value is -4.23. The number of hydrogen-bond acceptors (Lipinski definition) is 10. The van der Waals surface area contributed by atoms with Crippen LogP contribution in [-0.4, -0.2) is 64.9 Å². The van der Waals surface area contributed by atoms with Crippen molar-refractivity contribution in [3.05, 3.63) is 65.3 Å². The standard InChI is InChI=1S/2C11H20N2.C10H19N3.C10H18N2O.C9H18N4/c1-10(2,3)9-7-12-13(8-9)11(4,5)6;1-10(2,3)9-7-8-13(12-9)11(4,5)6;1-9(2,3)8-7-13(12-11-8)10(4,5)6;1-9(2,3)7-11-8(13-12-7)10(4,5)6;1-8(2,3)7-10-12-13(11-7)9(4,5)6/h2*7-8H,1-6H3;7H,1-6H3;2*1-6H3. The molecule has 0 atom stereocenters. The van der Waals surface area contributed by atoms with Crippen molar-refractivity contribution >= 4 is 0 Å². The molecule has 0 bridgehead atoms. The molecule has 14 nitrogen and oxygen atoms in total. The van der Waals surface area contributed by atoms with Crippen LogP contribution in [0.3, 0.4) is 0 Å². The molecule has 0 N–H and O–H groups in total. The summed E-state index contributed by atoms with van der Waals surface area (Å²) in [6.45, 7) is 63.7. The Morgan fingerprint density at radius 3 is 1.12 bits per heavy atom. The summed E-state index contributed by atoms with van der Waals surface area (Å²) >= 11 is 0. The van der Waals surface area contributed by atoms with Crippen molar-refractivity contribution in [3.8, 4) is 0 Å². The van der Waals surface area contributed by atoms with Gasteiger partial charge in [-0.05, 0) is 105 Å². The third kappa shape index (κ3) is 19.6. The van der Waals surface area contributed by atoms with E-state index in [9.17, 15) is 0 Å². The molecule has 14 heteroatoms. The minimum absolute atomic E-state index is 0.0243. The lowest BCUT2D eigenvalue weighted by Crippen LogP contribution is -2.25. The van der Waals surface area contributed by atoms with E-state index >= 15 is 0 Å². The maximum absolute atomic E-state index is 5.19. The fourth-order valence-corrected chi connectivity index (χ4v) is 4.74. The average Bonchev–Trinajstić information content (AvgIpc) is 3.92. The zero-order chi connectivity index (χ0) is 51.4. The SMILES string of the molecule is CC(C)(C)c1ccn(C(C)(C)C)n1.CC(C)(C)c1cn(C(C)(C)C)nn1.CC(C)(C)c1cnn(C(C)(C)C)c1.CC(C)(C)c1nnn(C(C)(C)C)n1.CC(C)(C)c1noc(C(C)(C)C)n1. The summed E-state index contributed by atoms with van der Waals surface area (Å²) < 4.78 is 11.1. The summed E-state index contributed by atoms with van der Waals surface area (Å²) in [5, 5.41) is 33.6. The summed E-state index contributed by atoms with van der Waals surface area (Å²) in [6.07, 6.45) is 8.19. The Bertz CT molecular complexity index is 1650. The third-order valence-corrected chi connectivity index (χ3v) is 9.55. The zero-order valence-corrected chi connectivity index (χ0v) is 47.1. The van der Waals surface area contributed by atoms with Crippen LogP contribution in [0.2, 0.25) is 0 Å². The van der Waals surface area contributed by atoms with Gasteiger partial charge in [0.1, 0.15) is 0 Å². The number of rotatable bonds is 0. The highest BCUT2D eigenvalue weighted by Crippen LogP contribution is 2.27. The molecule has 0 saturated heterocycles. The number of nitrogens with zero attached hydrogens (tertiary/aromatic N) is 13. The van der Waals surface area contributed by atoms with E-state index in [0.717, 1.165) is 23.0 Å². The Labute approximate surface area is 395 Å². The highest BCUT2D eigenvalue weighted by Gasteiger charge is 2.28. The van der Waals surface area contributed by atoms with Crippen molar-refractivity contribution in [1.29, 1.82) is 0 Å². The Balaban J connectivity index is 0.000000406. The molecule has 0 radical (unpaired) electrons. The van der Waals surface area contributed by atoms with Crippen LogP contribution in [0.4, 0.5) is 0 Å². The van der Waals surface area contributed by atoms with Crippen molar-refractivity contribution in [2.45, 2.75) is 262 Å². The van der Waals surface area contributed by atoms with Gasteiger partial charge in [-0.25, -0.2) is 4.68 Å². The van der Waals surface area contributed by atoms with E-state index in [1.807, 2.05) is 26.4 Å². The van der Waals surface area contributed by atoms with Gasteiger partial charge >= 0.3 is 0 Å². The van der Waals surface area contributed by atoms with Crippen molar-refractivity contribution < 1.29 is 4.52 Å². The molecule has 0 amide bonds. The molecule has 5 heterocycles. The minimum Gasteiger partial charge on any atom is -0.339 e. The molecule has 0 aliphatic rings. The van der Waals surface area contributed by atoms with E-state index in [-0.39, 0.29) is 54.6 Å². The van der Waals surface area contributed by atoms with Crippen molar-refractivity contribution in [3.63, 3.8) is 0 Å². The molecular formula is C51H95N13O. The van der Waals surface area contributed by atoms with E-state index in [1.165, 1.54) is 5.56 Å². The van der Waals surface area contributed by atoms with Gasteiger partial charge in [0.2, 0.25) is 5.89 Å². The summed E-state index contributed by atoms with van der Waals surface area (Å²) in [5.41, 5.74) is 3.92. The monoisotopic (exact) mass is 906 g/mol. The fourth-order valence-electron chi connectivity index (χ4n) is 4.74. The van der Waals surface area contributed by atoms with Gasteiger partial charge in [0.05, 0.1) is 39.7 Å². The largest absolute Gasteiger partial charge is 0.339 e. The molecule has 0 saturated carbocycles. The van der Waals surface area contributed by atoms with Crippen LogP contribution < -0.4 is 0 Å². The van der Waals surface area contributed by atoms with Gasteiger partial charge in [0, 0.05) is 45.7 Å². The molecular weight excluding hydrogens is 811 g/mol. The molecule has 0 aliphatic heterocycles. The zero-order valence-electron chi connectivity index (χ0n) is 47.1. The maximum Gasteiger partial charge on any atom is 0.232 e. The summed E-state index contributed by atoms with van der Waals surface area (Å²) in [4.78, 5) is 6.04. The first-order valence-corrected chi connectivity index (χ1v) is 23.3. The van der Waals surface area contributed by atoms with Gasteiger partial charge in [-0.2, -0.15) is 20.0 Å². The second-order valence-electron chi connectivity index (χ2n) is 27.4. The van der Waals surface area contributed by atoms with E-state index in [4.69, 9.17) is 4.52 Å². The van der Waals surface area contributed by atoms with Crippen molar-refractivity contribution in [2.24, 2.45) is 0 Å². The second-order valence-corrected chi connectivity index (χ2v) is 27.4. The molecule has 0 aliphatic carbocycles. The van der Waals surface area contributed by atoms with Crippen LogP contribution in [0.15, 0.2) is 35.4 Å². The lowest BCUT2D eigenvalue weighted by Gasteiger charge is -2.20. The third-order valence-electron chi connectivity index (χ3n) is 9.55. The molecule has 0 aromatic carbocycles. The van der Waals surface area contributed by atoms with Crippen LogP contribution >= 0.6 is 0 Å². The minimum atomic E-state index is -0.0868. The average molecular weight is 906 g/mol. The fraction of sp³-hybridized carbons (Fsp3) is 0.784. The van der Waals surface area contributed by atoms with Crippen molar-refractivity contribution in [1.82, 2.24) is 64.9 Å². The Morgan fingerprint density at radius 2 is 0.892 bits per heavy atom. The van der Waals surface area contributed by atoms with Crippen molar-refractivity contribution in [2.75, 3.05) is 0 Å². The van der Waals surface area contributed by atoms with E-state index in [1.54, 1.807) is 4.80 Å². The van der Waals surface area contributed by atoms with Crippen LogP contribution in [0.5, 0.6) is 0 Å². The lowest BCUT2D eigenvalue weighted by atomic mass is 9.90. The van der Waals surface area contributed by atoms with Gasteiger partial charge in [0.25, 0.3) is 0 Å². The predicted molar refractivity (Wildman–Crippen MR) is 269 cm³/mol. The van der Waals surface area contributed by atoms with Gasteiger partial charge < -0.3 is 4.52 Å². The normalized spacial score (nSPS) is 13.4. The van der Waals surface area contributed by atoms with Crippen LogP contribution in [0.25, 0.3) is 0 Å². The topological polar surface area (TPSA) is 149 Å². The number of aromatic nitrogens is 13. The van der Waals surface area contributed by atoms with Crippen LogP contribution in [0.1, 0.15) is 242 Å². The summed E-state index contributed by atoms with van der Waals surface area (Å²) in [6, 6.07) is 2.10. The van der Waals surface area contributed by atoms with Crippen LogP contribution in [0, 0.1) is 0 Å².